The topological polar surface area (TPSA) is 41.1 Å². The summed E-state index contributed by atoms with van der Waals surface area (Å²) in [5.74, 6) is 0.658. The number of benzene rings is 1. The van der Waals surface area contributed by atoms with Gasteiger partial charge in [0.2, 0.25) is 5.91 Å². The predicted octanol–water partition coefficient (Wildman–Crippen LogP) is 2.78. The third kappa shape index (κ3) is 4.13. The Kier molecular flexibility index (Phi) is 4.57. The lowest BCUT2D eigenvalue weighted by atomic mass is 9.94. The second-order valence-electron chi connectivity index (χ2n) is 4.45. The molecular formula is C13H17BrN2O. The van der Waals surface area contributed by atoms with Crippen LogP contribution < -0.4 is 10.6 Å². The molecule has 1 aromatic rings. The number of halogens is 1. The minimum Gasteiger partial charge on any atom is -0.326 e. The van der Waals surface area contributed by atoms with E-state index in [1.807, 2.05) is 24.3 Å². The number of rotatable bonds is 3. The molecule has 0 aromatic heterocycles. The first kappa shape index (κ1) is 12.6. The van der Waals surface area contributed by atoms with Crippen molar-refractivity contribution in [3.05, 3.63) is 28.7 Å². The normalized spacial score (nSPS) is 16.8. The van der Waals surface area contributed by atoms with E-state index in [0.717, 1.165) is 36.1 Å². The molecule has 0 unspecified atom stereocenters. The molecule has 0 bridgehead atoms. The SMILES string of the molecule is O=C(CC1CCNCC1)Nc1ccc(Br)cc1. The Morgan fingerprint density at radius 1 is 1.29 bits per heavy atom. The van der Waals surface area contributed by atoms with Crippen LogP contribution in [0, 0.1) is 5.92 Å². The zero-order chi connectivity index (χ0) is 12.1. The number of amides is 1. The largest absolute Gasteiger partial charge is 0.326 e. The monoisotopic (exact) mass is 296 g/mol. The van der Waals surface area contributed by atoms with Gasteiger partial charge in [0.05, 0.1) is 0 Å². The van der Waals surface area contributed by atoms with Crippen LogP contribution in [0.1, 0.15) is 19.3 Å². The van der Waals surface area contributed by atoms with Crippen molar-refractivity contribution >= 4 is 27.5 Å². The number of piperidine rings is 1. The Balaban J connectivity index is 1.82. The molecule has 0 atom stereocenters. The van der Waals surface area contributed by atoms with E-state index < -0.39 is 0 Å². The molecule has 4 heteroatoms. The standard InChI is InChI=1S/C13H17BrN2O/c14-11-1-3-12(4-2-11)16-13(17)9-10-5-7-15-8-6-10/h1-4,10,15H,5-9H2,(H,16,17). The Hall–Kier alpha value is -0.870. The molecule has 2 rings (SSSR count). The van der Waals surface area contributed by atoms with Gasteiger partial charge in [-0.05, 0) is 56.1 Å². The maximum absolute atomic E-state index is 11.8. The van der Waals surface area contributed by atoms with Crippen molar-refractivity contribution in [2.45, 2.75) is 19.3 Å². The fourth-order valence-corrected chi connectivity index (χ4v) is 2.36. The maximum atomic E-state index is 11.8. The summed E-state index contributed by atoms with van der Waals surface area (Å²) in [5, 5.41) is 6.24. The van der Waals surface area contributed by atoms with Crippen LogP contribution in [0.5, 0.6) is 0 Å². The molecular weight excluding hydrogens is 280 g/mol. The average Bonchev–Trinajstić information content (AvgIpc) is 2.33. The quantitative estimate of drug-likeness (QED) is 0.900. The van der Waals surface area contributed by atoms with Gasteiger partial charge in [0, 0.05) is 16.6 Å². The molecule has 1 aliphatic rings. The van der Waals surface area contributed by atoms with Crippen LogP contribution in [-0.2, 0) is 4.79 Å². The van der Waals surface area contributed by atoms with Gasteiger partial charge in [-0.25, -0.2) is 0 Å². The highest BCUT2D eigenvalue weighted by molar-refractivity contribution is 9.10. The third-order valence-corrected chi connectivity index (χ3v) is 3.59. The molecule has 0 saturated carbocycles. The molecule has 1 aliphatic heterocycles. The van der Waals surface area contributed by atoms with E-state index in [2.05, 4.69) is 26.6 Å². The van der Waals surface area contributed by atoms with Crippen LogP contribution in [0.3, 0.4) is 0 Å². The van der Waals surface area contributed by atoms with E-state index in [1.54, 1.807) is 0 Å². The van der Waals surface area contributed by atoms with Crippen molar-refractivity contribution in [2.75, 3.05) is 18.4 Å². The fourth-order valence-electron chi connectivity index (χ4n) is 2.09. The van der Waals surface area contributed by atoms with Gasteiger partial charge in [0.15, 0.2) is 0 Å². The molecule has 92 valence electrons. The van der Waals surface area contributed by atoms with E-state index in [1.165, 1.54) is 0 Å². The summed E-state index contributed by atoms with van der Waals surface area (Å²) < 4.78 is 1.02. The highest BCUT2D eigenvalue weighted by Gasteiger charge is 2.16. The van der Waals surface area contributed by atoms with Crippen molar-refractivity contribution in [3.63, 3.8) is 0 Å². The highest BCUT2D eigenvalue weighted by Crippen LogP contribution is 2.18. The summed E-state index contributed by atoms with van der Waals surface area (Å²) in [6, 6.07) is 7.68. The van der Waals surface area contributed by atoms with Gasteiger partial charge in [-0.2, -0.15) is 0 Å². The smallest absolute Gasteiger partial charge is 0.224 e. The first-order chi connectivity index (χ1) is 8.24. The lowest BCUT2D eigenvalue weighted by Crippen LogP contribution is -2.30. The molecule has 0 spiro atoms. The number of nitrogens with one attached hydrogen (secondary N) is 2. The van der Waals surface area contributed by atoms with Crippen molar-refractivity contribution in [3.8, 4) is 0 Å². The van der Waals surface area contributed by atoms with Gasteiger partial charge in [0.25, 0.3) is 0 Å². The van der Waals surface area contributed by atoms with Gasteiger partial charge in [-0.1, -0.05) is 15.9 Å². The van der Waals surface area contributed by atoms with E-state index in [9.17, 15) is 4.79 Å². The Morgan fingerprint density at radius 2 is 1.94 bits per heavy atom. The summed E-state index contributed by atoms with van der Waals surface area (Å²) in [5.41, 5.74) is 0.868. The van der Waals surface area contributed by atoms with Gasteiger partial charge >= 0.3 is 0 Å². The Bertz CT molecular complexity index is 372. The summed E-state index contributed by atoms with van der Waals surface area (Å²) in [4.78, 5) is 11.8. The van der Waals surface area contributed by atoms with Crippen LogP contribution in [0.25, 0.3) is 0 Å². The van der Waals surface area contributed by atoms with Gasteiger partial charge in [0.1, 0.15) is 0 Å². The zero-order valence-electron chi connectivity index (χ0n) is 9.71. The van der Waals surface area contributed by atoms with Crippen LogP contribution in [0.15, 0.2) is 28.7 Å². The fraction of sp³-hybridized carbons (Fsp3) is 0.462. The lowest BCUT2D eigenvalue weighted by Gasteiger charge is -2.21. The molecule has 2 N–H and O–H groups in total. The van der Waals surface area contributed by atoms with Gasteiger partial charge in [-0.15, -0.1) is 0 Å². The van der Waals surface area contributed by atoms with Crippen molar-refractivity contribution in [2.24, 2.45) is 5.92 Å². The van der Waals surface area contributed by atoms with Crippen LogP contribution in [0.2, 0.25) is 0 Å². The molecule has 1 heterocycles. The van der Waals surface area contributed by atoms with Crippen molar-refractivity contribution in [1.82, 2.24) is 5.32 Å². The third-order valence-electron chi connectivity index (χ3n) is 3.06. The summed E-state index contributed by atoms with van der Waals surface area (Å²) >= 11 is 3.37. The Labute approximate surface area is 110 Å². The summed E-state index contributed by atoms with van der Waals surface area (Å²) in [6.45, 7) is 2.08. The van der Waals surface area contributed by atoms with Crippen molar-refractivity contribution in [1.29, 1.82) is 0 Å². The summed E-state index contributed by atoms with van der Waals surface area (Å²) in [7, 11) is 0. The van der Waals surface area contributed by atoms with Gasteiger partial charge < -0.3 is 10.6 Å². The van der Waals surface area contributed by atoms with Crippen LogP contribution >= 0.6 is 15.9 Å². The highest BCUT2D eigenvalue weighted by atomic mass is 79.9. The minimum absolute atomic E-state index is 0.124. The first-order valence-corrected chi connectivity index (χ1v) is 6.79. The summed E-state index contributed by atoms with van der Waals surface area (Å²) in [6.07, 6.45) is 2.85. The van der Waals surface area contributed by atoms with E-state index in [0.29, 0.717) is 12.3 Å². The second kappa shape index (κ2) is 6.17. The molecule has 1 amide bonds. The maximum Gasteiger partial charge on any atom is 0.224 e. The molecule has 1 saturated heterocycles. The number of carbonyl (C=O) groups is 1. The number of anilines is 1. The second-order valence-corrected chi connectivity index (χ2v) is 5.37. The van der Waals surface area contributed by atoms with Crippen LogP contribution in [0.4, 0.5) is 5.69 Å². The minimum atomic E-state index is 0.124. The number of hydrogen-bond acceptors (Lipinski definition) is 2. The predicted molar refractivity (Wildman–Crippen MR) is 73.0 cm³/mol. The number of hydrogen-bond donors (Lipinski definition) is 2. The molecule has 3 nitrogen and oxygen atoms in total. The molecule has 1 aromatic carbocycles. The zero-order valence-corrected chi connectivity index (χ0v) is 11.3. The molecule has 0 aliphatic carbocycles. The van der Waals surface area contributed by atoms with E-state index >= 15 is 0 Å². The molecule has 1 fully saturated rings. The number of carbonyl (C=O) groups excluding carboxylic acids is 1. The van der Waals surface area contributed by atoms with E-state index in [4.69, 9.17) is 0 Å². The first-order valence-electron chi connectivity index (χ1n) is 6.00. The van der Waals surface area contributed by atoms with Crippen molar-refractivity contribution < 1.29 is 4.79 Å². The lowest BCUT2D eigenvalue weighted by molar-refractivity contribution is -0.117. The average molecular weight is 297 g/mol. The van der Waals surface area contributed by atoms with Gasteiger partial charge in [-0.3, -0.25) is 4.79 Å². The molecule has 17 heavy (non-hydrogen) atoms. The molecule has 0 radical (unpaired) electrons. The Morgan fingerprint density at radius 3 is 2.59 bits per heavy atom. The van der Waals surface area contributed by atoms with E-state index in [-0.39, 0.29) is 5.91 Å². The van der Waals surface area contributed by atoms with Crippen LogP contribution in [-0.4, -0.2) is 19.0 Å².